The molecule has 0 unspecified atom stereocenters. The topological polar surface area (TPSA) is 43.4 Å². The zero-order valence-electron chi connectivity index (χ0n) is 10.7. The molecule has 0 bridgehead atoms. The van der Waals surface area contributed by atoms with E-state index in [-0.39, 0.29) is 4.21 Å². The van der Waals surface area contributed by atoms with Crippen LogP contribution in [0.3, 0.4) is 0 Å². The Hall–Kier alpha value is -0.340. The summed E-state index contributed by atoms with van der Waals surface area (Å²) in [5.41, 5.74) is 1.19. The van der Waals surface area contributed by atoms with Crippen molar-refractivity contribution in [1.29, 1.82) is 0 Å². The summed E-state index contributed by atoms with van der Waals surface area (Å²) in [5, 5.41) is 0. The summed E-state index contributed by atoms with van der Waals surface area (Å²) < 4.78 is 30.2. The lowest BCUT2D eigenvalue weighted by Gasteiger charge is -2.09. The Morgan fingerprint density at radius 2 is 1.71 bits per heavy atom. The van der Waals surface area contributed by atoms with Crippen molar-refractivity contribution in [2.75, 3.05) is 11.5 Å². The molecule has 3 nitrogen and oxygen atoms in total. The summed E-state index contributed by atoms with van der Waals surface area (Å²) in [4.78, 5) is 0. The maximum atomic E-state index is 12.1. The highest BCUT2D eigenvalue weighted by Gasteiger charge is 2.21. The van der Waals surface area contributed by atoms with Crippen molar-refractivity contribution in [2.24, 2.45) is 0 Å². The fraction of sp³-hybridized carbons (Fsp3) is 0.231. The number of hydrogen-bond donors (Lipinski definition) is 0. The molecule has 1 fully saturated rings. The Bertz CT molecular complexity index is 718. The third-order valence-electron chi connectivity index (χ3n) is 2.77. The van der Waals surface area contributed by atoms with Gasteiger partial charge < -0.3 is 4.18 Å². The van der Waals surface area contributed by atoms with Crippen LogP contribution in [0.2, 0.25) is 4.34 Å². The third kappa shape index (κ3) is 3.71. The van der Waals surface area contributed by atoms with E-state index in [1.807, 2.05) is 35.7 Å². The van der Waals surface area contributed by atoms with Crippen molar-refractivity contribution in [3.63, 3.8) is 0 Å². The number of thioether (sulfide) groups is 2. The molecule has 1 aliphatic heterocycles. The van der Waals surface area contributed by atoms with Crippen molar-refractivity contribution in [3.05, 3.63) is 46.3 Å². The summed E-state index contributed by atoms with van der Waals surface area (Å²) in [7, 11) is -3.80. The van der Waals surface area contributed by atoms with E-state index in [0.717, 1.165) is 22.8 Å². The number of benzene rings is 1. The van der Waals surface area contributed by atoms with Gasteiger partial charge in [-0.2, -0.15) is 8.42 Å². The number of thiophene rings is 1. The van der Waals surface area contributed by atoms with Gasteiger partial charge in [-0.25, -0.2) is 0 Å². The average molecular weight is 379 g/mol. The first kappa shape index (κ1) is 15.6. The Kier molecular flexibility index (Phi) is 4.75. The Morgan fingerprint density at radius 3 is 2.29 bits per heavy atom. The molecule has 1 aromatic heterocycles. The first-order chi connectivity index (χ1) is 10.0. The lowest BCUT2D eigenvalue weighted by molar-refractivity contribution is 0.488. The van der Waals surface area contributed by atoms with Crippen molar-refractivity contribution in [2.45, 2.75) is 8.79 Å². The predicted molar refractivity (Wildman–Crippen MR) is 91.2 cm³/mol. The minimum absolute atomic E-state index is 0.110. The van der Waals surface area contributed by atoms with Crippen LogP contribution in [0.4, 0.5) is 0 Å². The van der Waals surface area contributed by atoms with E-state index in [1.165, 1.54) is 11.6 Å². The lowest BCUT2D eigenvalue weighted by Crippen LogP contribution is -2.07. The van der Waals surface area contributed by atoms with Crippen LogP contribution in [0.15, 0.2) is 40.6 Å². The first-order valence-electron chi connectivity index (χ1n) is 6.07. The molecule has 0 saturated carbocycles. The van der Waals surface area contributed by atoms with Crippen LogP contribution in [-0.2, 0) is 10.1 Å². The fourth-order valence-electron chi connectivity index (χ4n) is 1.83. The molecular formula is C13H11ClO3S4. The van der Waals surface area contributed by atoms with E-state index >= 15 is 0 Å². The minimum atomic E-state index is -3.80. The van der Waals surface area contributed by atoms with E-state index in [9.17, 15) is 8.42 Å². The zero-order chi connectivity index (χ0) is 14.9. The van der Waals surface area contributed by atoms with Gasteiger partial charge in [0.2, 0.25) is 0 Å². The molecule has 8 heteroatoms. The van der Waals surface area contributed by atoms with Crippen LogP contribution < -0.4 is 4.18 Å². The smallest absolute Gasteiger partial charge is 0.348 e. The molecule has 0 spiro atoms. The molecule has 1 aromatic carbocycles. The average Bonchev–Trinajstić information content (AvgIpc) is 3.10. The molecule has 0 atom stereocenters. The van der Waals surface area contributed by atoms with Gasteiger partial charge in [-0.3, -0.25) is 0 Å². The van der Waals surface area contributed by atoms with Gasteiger partial charge in [0.1, 0.15) is 5.75 Å². The van der Waals surface area contributed by atoms with E-state index in [4.69, 9.17) is 15.8 Å². The van der Waals surface area contributed by atoms with E-state index in [2.05, 4.69) is 0 Å². The molecule has 3 rings (SSSR count). The second-order valence-electron chi connectivity index (χ2n) is 4.24. The number of halogens is 1. The van der Waals surface area contributed by atoms with Gasteiger partial charge in [-0.15, -0.1) is 34.9 Å². The number of rotatable bonds is 4. The number of hydrogen-bond acceptors (Lipinski definition) is 6. The quantitative estimate of drug-likeness (QED) is 0.724. The predicted octanol–water partition coefficient (Wildman–Crippen LogP) is 4.65. The molecule has 2 heterocycles. The fourth-order valence-corrected chi connectivity index (χ4v) is 7.07. The largest absolute Gasteiger partial charge is 0.378 e. The van der Waals surface area contributed by atoms with Crippen molar-refractivity contribution < 1.29 is 12.6 Å². The molecule has 21 heavy (non-hydrogen) atoms. The van der Waals surface area contributed by atoms with Gasteiger partial charge in [0, 0.05) is 11.5 Å². The van der Waals surface area contributed by atoms with E-state index < -0.39 is 10.1 Å². The summed E-state index contributed by atoms with van der Waals surface area (Å²) in [5.74, 6) is 2.62. The molecule has 0 amide bonds. The molecule has 0 aliphatic carbocycles. The van der Waals surface area contributed by atoms with Crippen LogP contribution in [0, 0.1) is 0 Å². The van der Waals surface area contributed by atoms with Gasteiger partial charge in [-0.05, 0) is 29.8 Å². The summed E-state index contributed by atoms with van der Waals surface area (Å²) >= 11 is 10.6. The van der Waals surface area contributed by atoms with Gasteiger partial charge in [-0.1, -0.05) is 23.7 Å². The molecule has 1 aliphatic rings. The standard InChI is InChI=1S/C13H11ClO3S4/c14-11-5-6-12(20-11)21(15,16)17-10-3-1-9(2-4-10)13-18-7-8-19-13/h1-6,13H,7-8H2. The van der Waals surface area contributed by atoms with Gasteiger partial charge in [0.25, 0.3) is 0 Å². The van der Waals surface area contributed by atoms with Crippen LogP contribution in [0.5, 0.6) is 5.75 Å². The Labute approximate surface area is 141 Å². The van der Waals surface area contributed by atoms with Gasteiger partial charge >= 0.3 is 10.1 Å². The zero-order valence-corrected chi connectivity index (χ0v) is 14.7. The van der Waals surface area contributed by atoms with Crippen LogP contribution in [0.25, 0.3) is 0 Å². The molecule has 112 valence electrons. The van der Waals surface area contributed by atoms with E-state index in [1.54, 1.807) is 18.2 Å². The van der Waals surface area contributed by atoms with Crippen LogP contribution in [0.1, 0.15) is 10.1 Å². The first-order valence-corrected chi connectivity index (χ1v) is 10.8. The second kappa shape index (κ2) is 6.42. The monoisotopic (exact) mass is 378 g/mol. The molecule has 0 N–H and O–H groups in total. The van der Waals surface area contributed by atoms with Crippen molar-refractivity contribution in [3.8, 4) is 5.75 Å². The lowest BCUT2D eigenvalue weighted by atomic mass is 10.2. The van der Waals surface area contributed by atoms with Crippen LogP contribution in [-0.4, -0.2) is 19.9 Å². The Balaban J connectivity index is 1.75. The Morgan fingerprint density at radius 1 is 1.05 bits per heavy atom. The molecule has 1 saturated heterocycles. The second-order valence-corrected chi connectivity index (χ2v) is 10.5. The molecular weight excluding hydrogens is 368 g/mol. The van der Waals surface area contributed by atoms with Crippen molar-refractivity contribution in [1.82, 2.24) is 0 Å². The summed E-state index contributed by atoms with van der Waals surface area (Å²) in [6.07, 6.45) is 0. The maximum absolute atomic E-state index is 12.1. The normalized spacial score (nSPS) is 16.2. The van der Waals surface area contributed by atoms with E-state index in [0.29, 0.717) is 14.7 Å². The molecule has 2 aromatic rings. The highest BCUT2D eigenvalue weighted by molar-refractivity contribution is 8.19. The summed E-state index contributed by atoms with van der Waals surface area (Å²) in [6.45, 7) is 0. The highest BCUT2D eigenvalue weighted by Crippen LogP contribution is 2.45. The molecule has 0 radical (unpaired) electrons. The van der Waals surface area contributed by atoms with Gasteiger partial charge in [0.05, 0.1) is 8.92 Å². The SMILES string of the molecule is O=S(=O)(Oc1ccc(C2SCCS2)cc1)c1ccc(Cl)s1. The van der Waals surface area contributed by atoms with Crippen LogP contribution >= 0.6 is 46.5 Å². The maximum Gasteiger partial charge on any atom is 0.348 e. The summed E-state index contributed by atoms with van der Waals surface area (Å²) in [6, 6.07) is 10.2. The van der Waals surface area contributed by atoms with Gasteiger partial charge in [0.15, 0.2) is 4.21 Å². The van der Waals surface area contributed by atoms with Crippen molar-refractivity contribution >= 4 is 56.6 Å². The minimum Gasteiger partial charge on any atom is -0.378 e. The highest BCUT2D eigenvalue weighted by atomic mass is 35.5. The third-order valence-corrected chi connectivity index (χ3v) is 8.81.